The van der Waals surface area contributed by atoms with Crippen LogP contribution in [0.1, 0.15) is 18.4 Å². The maximum atomic E-state index is 12.5. The molecule has 0 aromatic heterocycles. The highest BCUT2D eigenvalue weighted by atomic mass is 32.2. The molecule has 0 radical (unpaired) electrons. The fourth-order valence-corrected chi connectivity index (χ4v) is 3.88. The zero-order valence-corrected chi connectivity index (χ0v) is 12.8. The van der Waals surface area contributed by atoms with Crippen molar-refractivity contribution in [1.29, 1.82) is 0 Å². The lowest BCUT2D eigenvalue weighted by Crippen LogP contribution is -2.47. The van der Waals surface area contributed by atoms with Gasteiger partial charge in [0.05, 0.1) is 10.5 Å². The lowest BCUT2D eigenvalue weighted by Gasteiger charge is -2.31. The highest BCUT2D eigenvalue weighted by molar-refractivity contribution is 7.89. The van der Waals surface area contributed by atoms with Gasteiger partial charge in [-0.15, -0.1) is 0 Å². The zero-order valence-electron chi connectivity index (χ0n) is 12.0. The lowest BCUT2D eigenvalue weighted by atomic mass is 10.1. The van der Waals surface area contributed by atoms with Gasteiger partial charge in [0.15, 0.2) is 0 Å². The van der Waals surface area contributed by atoms with Gasteiger partial charge in [0, 0.05) is 19.1 Å². The normalized spacial score (nSPS) is 17.9. The van der Waals surface area contributed by atoms with Crippen molar-refractivity contribution in [3.05, 3.63) is 29.8 Å². The Kier molecular flexibility index (Phi) is 4.85. The van der Waals surface area contributed by atoms with Crippen LogP contribution < -0.4 is 11.1 Å². The summed E-state index contributed by atoms with van der Waals surface area (Å²) in [6.45, 7) is 0.322. The quantitative estimate of drug-likeness (QED) is 0.865. The van der Waals surface area contributed by atoms with E-state index in [1.807, 2.05) is 0 Å². The zero-order chi connectivity index (χ0) is 17.3. The van der Waals surface area contributed by atoms with Crippen molar-refractivity contribution >= 4 is 16.1 Å². The van der Waals surface area contributed by atoms with E-state index in [9.17, 15) is 26.4 Å². The molecule has 6 nitrogen and oxygen atoms in total. The van der Waals surface area contributed by atoms with E-state index in [0.717, 1.165) is 24.3 Å². The minimum Gasteiger partial charge on any atom is -0.352 e. The van der Waals surface area contributed by atoms with E-state index in [0.29, 0.717) is 12.8 Å². The van der Waals surface area contributed by atoms with Gasteiger partial charge in [-0.25, -0.2) is 13.2 Å². The number of amides is 2. The van der Waals surface area contributed by atoms with Crippen LogP contribution in [0.25, 0.3) is 0 Å². The number of benzene rings is 1. The van der Waals surface area contributed by atoms with Crippen LogP contribution in [0.4, 0.5) is 18.0 Å². The third-order valence-electron chi connectivity index (χ3n) is 3.62. The fraction of sp³-hybridized carbons (Fsp3) is 0.462. The molecule has 1 fully saturated rings. The second-order valence-corrected chi connectivity index (χ2v) is 7.15. The Labute approximate surface area is 131 Å². The van der Waals surface area contributed by atoms with E-state index in [2.05, 4.69) is 5.32 Å². The number of primary amides is 1. The smallest absolute Gasteiger partial charge is 0.352 e. The Morgan fingerprint density at radius 2 is 1.70 bits per heavy atom. The van der Waals surface area contributed by atoms with Gasteiger partial charge in [-0.1, -0.05) is 0 Å². The van der Waals surface area contributed by atoms with Crippen LogP contribution in [0.15, 0.2) is 29.2 Å². The number of alkyl halides is 3. The van der Waals surface area contributed by atoms with Crippen molar-refractivity contribution in [2.75, 3.05) is 13.1 Å². The largest absolute Gasteiger partial charge is 0.416 e. The summed E-state index contributed by atoms with van der Waals surface area (Å²) in [5, 5.41) is 2.51. The number of carbonyl (C=O) groups is 1. The number of urea groups is 1. The van der Waals surface area contributed by atoms with Gasteiger partial charge in [-0.2, -0.15) is 17.5 Å². The van der Waals surface area contributed by atoms with E-state index >= 15 is 0 Å². The SMILES string of the molecule is NC(=O)NC1CCN(S(=O)(=O)c2ccc(C(F)(F)F)cc2)CC1. The van der Waals surface area contributed by atoms with E-state index in [1.54, 1.807) is 0 Å². The molecule has 0 spiro atoms. The molecule has 1 aliphatic heterocycles. The third-order valence-corrected chi connectivity index (χ3v) is 5.53. The van der Waals surface area contributed by atoms with Crippen LogP contribution in [0.3, 0.4) is 0 Å². The average Bonchev–Trinajstić information content (AvgIpc) is 2.46. The van der Waals surface area contributed by atoms with Gasteiger partial charge >= 0.3 is 12.2 Å². The number of sulfonamides is 1. The molecule has 10 heteroatoms. The number of carbonyl (C=O) groups excluding carboxylic acids is 1. The predicted octanol–water partition coefficient (Wildman–Crippen LogP) is 1.53. The van der Waals surface area contributed by atoms with Crippen molar-refractivity contribution in [2.45, 2.75) is 30.0 Å². The summed E-state index contributed by atoms with van der Waals surface area (Å²) in [6, 6.07) is 2.51. The monoisotopic (exact) mass is 351 g/mol. The number of hydrogen-bond donors (Lipinski definition) is 2. The van der Waals surface area contributed by atoms with Crippen molar-refractivity contribution in [2.24, 2.45) is 5.73 Å². The molecule has 2 amide bonds. The number of hydrogen-bond acceptors (Lipinski definition) is 3. The van der Waals surface area contributed by atoms with Gasteiger partial charge in [0.2, 0.25) is 10.0 Å². The molecule has 0 atom stereocenters. The molecular weight excluding hydrogens is 335 g/mol. The molecule has 1 aromatic rings. The molecule has 2 rings (SSSR count). The van der Waals surface area contributed by atoms with E-state index in [-0.39, 0.29) is 24.0 Å². The molecule has 1 aromatic carbocycles. The number of nitrogens with zero attached hydrogens (tertiary/aromatic N) is 1. The van der Waals surface area contributed by atoms with E-state index in [1.165, 1.54) is 4.31 Å². The Balaban J connectivity index is 2.09. The second kappa shape index (κ2) is 6.36. The molecule has 3 N–H and O–H groups in total. The molecule has 128 valence electrons. The third kappa shape index (κ3) is 4.14. The molecular formula is C13H16F3N3O3S. The summed E-state index contributed by atoms with van der Waals surface area (Å²) in [5.74, 6) is 0. The first kappa shape index (κ1) is 17.5. The molecule has 0 aliphatic carbocycles. The molecule has 1 saturated heterocycles. The Morgan fingerprint density at radius 1 is 1.17 bits per heavy atom. The van der Waals surface area contributed by atoms with Crippen LogP contribution >= 0.6 is 0 Å². The number of piperidine rings is 1. The number of rotatable bonds is 3. The Morgan fingerprint density at radius 3 is 2.13 bits per heavy atom. The lowest BCUT2D eigenvalue weighted by molar-refractivity contribution is -0.137. The molecule has 23 heavy (non-hydrogen) atoms. The van der Waals surface area contributed by atoms with Crippen LogP contribution in [0.5, 0.6) is 0 Å². The maximum Gasteiger partial charge on any atom is 0.416 e. The summed E-state index contributed by atoms with van der Waals surface area (Å²) in [6.07, 6.45) is -3.73. The van der Waals surface area contributed by atoms with Crippen molar-refractivity contribution in [1.82, 2.24) is 9.62 Å². The molecule has 1 aliphatic rings. The first-order valence-corrected chi connectivity index (χ1v) is 8.28. The van der Waals surface area contributed by atoms with Crippen LogP contribution in [0.2, 0.25) is 0 Å². The van der Waals surface area contributed by atoms with Gasteiger partial charge in [0.1, 0.15) is 0 Å². The minimum absolute atomic E-state index is 0.161. The summed E-state index contributed by atoms with van der Waals surface area (Å²) in [5.41, 5.74) is 4.11. The van der Waals surface area contributed by atoms with E-state index < -0.39 is 27.8 Å². The van der Waals surface area contributed by atoms with Crippen molar-refractivity contribution in [3.8, 4) is 0 Å². The van der Waals surface area contributed by atoms with Gasteiger partial charge in [-0.05, 0) is 37.1 Å². The highest BCUT2D eigenvalue weighted by Crippen LogP contribution is 2.30. The van der Waals surface area contributed by atoms with E-state index in [4.69, 9.17) is 5.73 Å². The fourth-order valence-electron chi connectivity index (χ4n) is 2.41. The average molecular weight is 351 g/mol. The summed E-state index contributed by atoms with van der Waals surface area (Å²) in [7, 11) is -3.85. The highest BCUT2D eigenvalue weighted by Gasteiger charge is 2.33. The van der Waals surface area contributed by atoms with Gasteiger partial charge < -0.3 is 11.1 Å². The summed E-state index contributed by atoms with van der Waals surface area (Å²) in [4.78, 5) is 10.6. The number of halogens is 3. The number of nitrogens with one attached hydrogen (secondary N) is 1. The standard InChI is InChI=1S/C13H16F3N3O3S/c14-13(15,16)9-1-3-11(4-2-9)23(21,22)19-7-5-10(6-8-19)18-12(17)20/h1-4,10H,5-8H2,(H3,17,18,20). The molecule has 1 heterocycles. The minimum atomic E-state index is -4.51. The number of nitrogens with two attached hydrogens (primary N) is 1. The molecule has 0 unspecified atom stereocenters. The first-order chi connectivity index (χ1) is 10.6. The molecule has 0 saturated carbocycles. The Hall–Kier alpha value is -1.81. The van der Waals surface area contributed by atoms with Gasteiger partial charge in [0.25, 0.3) is 0 Å². The second-order valence-electron chi connectivity index (χ2n) is 5.21. The molecule has 0 bridgehead atoms. The van der Waals surface area contributed by atoms with Crippen LogP contribution in [0, 0.1) is 0 Å². The predicted molar refractivity (Wildman–Crippen MR) is 75.9 cm³/mol. The summed E-state index contributed by atoms with van der Waals surface area (Å²) >= 11 is 0. The Bertz CT molecular complexity index is 666. The summed E-state index contributed by atoms with van der Waals surface area (Å²) < 4.78 is 63.5. The first-order valence-electron chi connectivity index (χ1n) is 6.84. The topological polar surface area (TPSA) is 92.5 Å². The van der Waals surface area contributed by atoms with Crippen molar-refractivity contribution < 1.29 is 26.4 Å². The van der Waals surface area contributed by atoms with Gasteiger partial charge in [-0.3, -0.25) is 0 Å². The van der Waals surface area contributed by atoms with Crippen LogP contribution in [-0.4, -0.2) is 37.9 Å². The van der Waals surface area contributed by atoms with Crippen LogP contribution in [-0.2, 0) is 16.2 Å². The van der Waals surface area contributed by atoms with Crippen molar-refractivity contribution in [3.63, 3.8) is 0 Å². The maximum absolute atomic E-state index is 12.5.